The molecule has 2 aliphatic heterocycles. The summed E-state index contributed by atoms with van der Waals surface area (Å²) < 4.78 is 34.9. The van der Waals surface area contributed by atoms with Crippen LogP contribution in [0.4, 0.5) is 19.3 Å². The number of urea groups is 1. The van der Waals surface area contributed by atoms with Gasteiger partial charge in [-0.1, -0.05) is 6.07 Å². The van der Waals surface area contributed by atoms with Crippen LogP contribution in [0, 0.1) is 17.6 Å². The molecule has 2 aromatic carbocycles. The van der Waals surface area contributed by atoms with Crippen molar-refractivity contribution in [1.82, 2.24) is 9.80 Å². The van der Waals surface area contributed by atoms with Gasteiger partial charge in [0.25, 0.3) is 5.91 Å². The Hall–Kier alpha value is -3.34. The Morgan fingerprint density at radius 3 is 2.32 bits per heavy atom. The lowest BCUT2D eigenvalue weighted by Crippen LogP contribution is -2.58. The number of nitrogens with one attached hydrogen (secondary N) is 1. The molecule has 0 saturated carbocycles. The van der Waals surface area contributed by atoms with E-state index in [1.54, 1.807) is 30.9 Å². The monoisotopic (exact) mass is 535 g/mol. The van der Waals surface area contributed by atoms with E-state index >= 15 is 0 Å². The number of methoxy groups -OCH3 is 1. The fourth-order valence-corrected chi connectivity index (χ4v) is 6.22. The first-order valence-electron chi connectivity index (χ1n) is 11.8. The minimum atomic E-state index is -1.68. The van der Waals surface area contributed by atoms with E-state index in [9.17, 15) is 23.2 Å². The number of halogens is 2. The molecule has 8 nitrogen and oxygen atoms in total. The lowest BCUT2D eigenvalue weighted by Gasteiger charge is -2.45. The number of carbonyl (C=O) groups is 3. The number of rotatable bonds is 6. The molecule has 1 fully saturated rings. The third kappa shape index (κ3) is 5.51. The van der Waals surface area contributed by atoms with E-state index in [1.165, 1.54) is 16.9 Å². The molecule has 0 aliphatic carbocycles. The summed E-state index contributed by atoms with van der Waals surface area (Å²) in [5.41, 5.74) is 1.39. The van der Waals surface area contributed by atoms with E-state index in [1.807, 2.05) is 6.07 Å². The van der Waals surface area contributed by atoms with Crippen molar-refractivity contribution < 1.29 is 33.0 Å². The maximum atomic E-state index is 14.8. The molecule has 200 valence electrons. The molecule has 2 N–H and O–H groups in total. The Labute approximate surface area is 215 Å². The summed E-state index contributed by atoms with van der Waals surface area (Å²) in [5, 5.41) is 11.6. The molecule has 4 rings (SSSR count). The fourth-order valence-electron chi connectivity index (χ4n) is 4.93. The van der Waals surface area contributed by atoms with E-state index < -0.39 is 39.6 Å². The zero-order valence-electron chi connectivity index (χ0n) is 21.2. The Morgan fingerprint density at radius 1 is 1.11 bits per heavy atom. The van der Waals surface area contributed by atoms with Crippen LogP contribution in [0.3, 0.4) is 0 Å². The number of aliphatic carboxylic acids is 1. The fraction of sp³-hybridized carbons (Fsp3) is 0.423. The highest BCUT2D eigenvalue weighted by Gasteiger charge is 2.41. The van der Waals surface area contributed by atoms with Crippen molar-refractivity contribution in [2.24, 2.45) is 5.92 Å². The van der Waals surface area contributed by atoms with Gasteiger partial charge in [0, 0.05) is 31.2 Å². The van der Waals surface area contributed by atoms with Crippen LogP contribution in [0.2, 0.25) is 0 Å². The maximum absolute atomic E-state index is 14.8. The van der Waals surface area contributed by atoms with E-state index in [0.29, 0.717) is 30.8 Å². The molecule has 11 heteroatoms. The average Bonchev–Trinajstić information content (AvgIpc) is 2.77. The Bertz CT molecular complexity index is 1220. The van der Waals surface area contributed by atoms with Gasteiger partial charge in [0.1, 0.15) is 23.4 Å². The normalized spacial score (nSPS) is 18.1. The van der Waals surface area contributed by atoms with Crippen LogP contribution in [-0.4, -0.2) is 78.3 Å². The minimum Gasteiger partial charge on any atom is -0.497 e. The van der Waals surface area contributed by atoms with Gasteiger partial charge in [-0.25, -0.2) is 23.6 Å². The van der Waals surface area contributed by atoms with Crippen LogP contribution in [0.15, 0.2) is 35.2 Å². The SMILES string of the molecule is COc1ccc2c(c1)CCN(C(=O)N1CC(CC(=O)O)C1)[C@H]2C(=O)Nc1cc(F)c(S(C)(C)C)c(F)c1. The van der Waals surface area contributed by atoms with Crippen LogP contribution < -0.4 is 10.1 Å². The first-order chi connectivity index (χ1) is 17.4. The lowest BCUT2D eigenvalue weighted by molar-refractivity contribution is -0.139. The number of fused-ring (bicyclic) bond motifs is 1. The van der Waals surface area contributed by atoms with Crippen molar-refractivity contribution in [2.45, 2.75) is 23.8 Å². The molecular formula is C26H31F2N3O5S. The molecule has 2 aliphatic rings. The van der Waals surface area contributed by atoms with Crippen LogP contribution in [-0.2, 0) is 16.0 Å². The summed E-state index contributed by atoms with van der Waals surface area (Å²) in [5.74, 6) is -2.51. The Kier molecular flexibility index (Phi) is 7.36. The van der Waals surface area contributed by atoms with Gasteiger partial charge in [-0.2, -0.15) is 0 Å². The second-order valence-corrected chi connectivity index (χ2v) is 14.2. The molecule has 3 amide bonds. The predicted octanol–water partition coefficient (Wildman–Crippen LogP) is 4.09. The number of carboxylic acid groups (broad SMARTS) is 1. The third-order valence-electron chi connectivity index (χ3n) is 6.64. The number of hydrogen-bond donors (Lipinski definition) is 2. The van der Waals surface area contributed by atoms with Gasteiger partial charge in [0.2, 0.25) is 0 Å². The molecule has 0 aromatic heterocycles. The van der Waals surface area contributed by atoms with Gasteiger partial charge in [-0.05, 0) is 60.6 Å². The summed E-state index contributed by atoms with van der Waals surface area (Å²) in [4.78, 5) is 40.9. The average molecular weight is 536 g/mol. The highest BCUT2D eigenvalue weighted by molar-refractivity contribution is 8.32. The molecule has 0 bridgehead atoms. The first kappa shape index (κ1) is 26.7. The van der Waals surface area contributed by atoms with Crippen molar-refractivity contribution >= 4 is 33.6 Å². The van der Waals surface area contributed by atoms with Gasteiger partial charge < -0.3 is 25.0 Å². The number of carboxylic acids is 1. The topological polar surface area (TPSA) is 99.2 Å². The number of nitrogens with zero attached hydrogens (tertiary/aromatic N) is 2. The Balaban J connectivity index is 1.62. The number of benzene rings is 2. The number of anilines is 1. The molecular weight excluding hydrogens is 504 g/mol. The molecule has 2 aromatic rings. The van der Waals surface area contributed by atoms with E-state index in [4.69, 9.17) is 9.84 Å². The first-order valence-corrected chi connectivity index (χ1v) is 14.7. The molecule has 1 saturated heterocycles. The second-order valence-electron chi connectivity index (χ2n) is 10.2. The molecule has 0 unspecified atom stereocenters. The predicted molar refractivity (Wildman–Crippen MR) is 137 cm³/mol. The number of ether oxygens (including phenoxy) is 1. The van der Waals surface area contributed by atoms with Gasteiger partial charge in [-0.15, -0.1) is 0 Å². The van der Waals surface area contributed by atoms with E-state index in [0.717, 1.165) is 17.7 Å². The summed E-state index contributed by atoms with van der Waals surface area (Å²) in [6.07, 6.45) is 5.79. The highest BCUT2D eigenvalue weighted by Crippen LogP contribution is 2.48. The number of carbonyl (C=O) groups excluding carboxylic acids is 2. The largest absolute Gasteiger partial charge is 0.497 e. The van der Waals surface area contributed by atoms with Crippen molar-refractivity contribution in [3.63, 3.8) is 0 Å². The van der Waals surface area contributed by atoms with Crippen LogP contribution in [0.25, 0.3) is 0 Å². The van der Waals surface area contributed by atoms with Crippen LogP contribution >= 0.6 is 10.0 Å². The molecule has 0 radical (unpaired) electrons. The summed E-state index contributed by atoms with van der Waals surface area (Å²) in [6, 6.07) is 6.00. The van der Waals surface area contributed by atoms with Gasteiger partial charge in [-0.3, -0.25) is 9.59 Å². The van der Waals surface area contributed by atoms with Crippen molar-refractivity contribution in [1.29, 1.82) is 0 Å². The number of hydrogen-bond acceptors (Lipinski definition) is 4. The standard InChI is InChI=1S/C26H31F2N3O5S/c1-36-18-5-6-19-16(10-18)7-8-31(26(35)30-13-15(14-30)9-22(32)33)23(19)25(34)29-17-11-20(27)24(21(28)12-17)37(2,3)4/h5-6,10-12,15,23H,7-9,13-14H2,1-4H3,(H,29,34)(H,32,33)/t23-/m1/s1. The number of likely N-dealkylation sites (tertiary alicyclic amines) is 1. The van der Waals surface area contributed by atoms with Gasteiger partial charge in [0.15, 0.2) is 0 Å². The molecule has 2 heterocycles. The minimum absolute atomic E-state index is 0.00566. The van der Waals surface area contributed by atoms with Gasteiger partial charge >= 0.3 is 12.0 Å². The van der Waals surface area contributed by atoms with Crippen LogP contribution in [0.1, 0.15) is 23.6 Å². The molecule has 1 atom stereocenters. The van der Waals surface area contributed by atoms with Crippen molar-refractivity contribution in [3.05, 3.63) is 53.1 Å². The van der Waals surface area contributed by atoms with E-state index in [-0.39, 0.29) is 35.5 Å². The highest BCUT2D eigenvalue weighted by atomic mass is 32.3. The van der Waals surface area contributed by atoms with E-state index in [2.05, 4.69) is 5.32 Å². The number of amides is 3. The van der Waals surface area contributed by atoms with Crippen LogP contribution in [0.5, 0.6) is 5.75 Å². The maximum Gasteiger partial charge on any atom is 0.320 e. The second kappa shape index (κ2) is 10.2. The van der Waals surface area contributed by atoms with Crippen molar-refractivity contribution in [3.8, 4) is 5.75 Å². The quantitative estimate of drug-likeness (QED) is 0.581. The summed E-state index contributed by atoms with van der Waals surface area (Å²) >= 11 is 0. The third-order valence-corrected chi connectivity index (χ3v) is 8.26. The Morgan fingerprint density at radius 2 is 1.76 bits per heavy atom. The zero-order chi connectivity index (χ0) is 27.1. The molecule has 37 heavy (non-hydrogen) atoms. The van der Waals surface area contributed by atoms with Gasteiger partial charge in [0.05, 0.1) is 18.4 Å². The smallest absolute Gasteiger partial charge is 0.320 e. The zero-order valence-corrected chi connectivity index (χ0v) is 22.0. The lowest BCUT2D eigenvalue weighted by atomic mass is 9.91. The summed E-state index contributed by atoms with van der Waals surface area (Å²) in [7, 11) is -0.149. The van der Waals surface area contributed by atoms with Crippen molar-refractivity contribution in [2.75, 3.05) is 50.8 Å². The summed E-state index contributed by atoms with van der Waals surface area (Å²) in [6.45, 7) is 0.823. The molecule has 0 spiro atoms.